The molecule has 0 radical (unpaired) electrons. The first-order valence-electron chi connectivity index (χ1n) is 8.37. The lowest BCUT2D eigenvalue weighted by atomic mass is 10.0. The number of halogens is 2. The van der Waals surface area contributed by atoms with Crippen LogP contribution in [0.15, 0.2) is 60.8 Å². The number of aromatic amines is 1. The van der Waals surface area contributed by atoms with Gasteiger partial charge in [0.1, 0.15) is 5.82 Å². The van der Waals surface area contributed by atoms with Crippen molar-refractivity contribution in [1.29, 1.82) is 0 Å². The van der Waals surface area contributed by atoms with Crippen LogP contribution in [0.3, 0.4) is 0 Å². The predicted molar refractivity (Wildman–Crippen MR) is 106 cm³/mol. The highest BCUT2D eigenvalue weighted by atomic mass is 35.5. The van der Waals surface area contributed by atoms with Crippen LogP contribution in [-0.4, -0.2) is 34.1 Å². The summed E-state index contributed by atoms with van der Waals surface area (Å²) < 4.78 is 13.1. The summed E-state index contributed by atoms with van der Waals surface area (Å²) in [5.41, 5.74) is 9.54. The second-order valence-electron chi connectivity index (χ2n) is 6.27. The van der Waals surface area contributed by atoms with Gasteiger partial charge < -0.3 is 10.6 Å². The third-order valence-electron chi connectivity index (χ3n) is 4.25. The second-order valence-corrected chi connectivity index (χ2v) is 6.27. The molecule has 1 atom stereocenters. The van der Waals surface area contributed by atoms with Crippen molar-refractivity contribution in [3.8, 4) is 11.3 Å². The fourth-order valence-electron chi connectivity index (χ4n) is 2.87. The van der Waals surface area contributed by atoms with Crippen LogP contribution in [0.1, 0.15) is 11.1 Å². The molecule has 0 unspecified atom stereocenters. The van der Waals surface area contributed by atoms with E-state index < -0.39 is 6.04 Å². The van der Waals surface area contributed by atoms with Gasteiger partial charge in [0.25, 0.3) is 0 Å². The molecule has 0 saturated heterocycles. The highest BCUT2D eigenvalue weighted by molar-refractivity contribution is 5.85. The van der Waals surface area contributed by atoms with Gasteiger partial charge in [0.05, 0.1) is 17.9 Å². The lowest BCUT2D eigenvalue weighted by molar-refractivity contribution is -0.131. The molecule has 7 heteroatoms. The van der Waals surface area contributed by atoms with Crippen LogP contribution >= 0.6 is 12.4 Å². The Balaban J connectivity index is 0.00000261. The Bertz CT molecular complexity index is 867. The lowest BCUT2D eigenvalue weighted by Gasteiger charge is -2.21. The van der Waals surface area contributed by atoms with Crippen LogP contribution < -0.4 is 5.73 Å². The number of rotatable bonds is 6. The number of H-pyrrole nitrogens is 1. The van der Waals surface area contributed by atoms with E-state index in [2.05, 4.69) is 10.2 Å². The van der Waals surface area contributed by atoms with Crippen molar-refractivity contribution in [2.24, 2.45) is 5.73 Å². The van der Waals surface area contributed by atoms with Gasteiger partial charge >= 0.3 is 0 Å². The van der Waals surface area contributed by atoms with Crippen molar-refractivity contribution in [2.75, 3.05) is 7.05 Å². The zero-order chi connectivity index (χ0) is 18.5. The average molecular weight is 389 g/mol. The first-order chi connectivity index (χ1) is 12.5. The Hall–Kier alpha value is -2.70. The Labute approximate surface area is 163 Å². The minimum absolute atomic E-state index is 0. The van der Waals surface area contributed by atoms with Gasteiger partial charge in [-0.1, -0.05) is 30.3 Å². The summed E-state index contributed by atoms with van der Waals surface area (Å²) in [5.74, 6) is -0.436. The second kappa shape index (κ2) is 9.30. The summed E-state index contributed by atoms with van der Waals surface area (Å²) in [6.07, 6.45) is 2.16. The molecular formula is C20H22ClFN4O. The van der Waals surface area contributed by atoms with E-state index in [1.54, 1.807) is 30.3 Å². The van der Waals surface area contributed by atoms with Crippen LogP contribution in [0.25, 0.3) is 11.3 Å². The van der Waals surface area contributed by atoms with Crippen LogP contribution in [-0.2, 0) is 17.8 Å². The number of nitrogens with zero attached hydrogens (tertiary/aromatic N) is 2. The van der Waals surface area contributed by atoms with Gasteiger partial charge in [0.15, 0.2) is 0 Å². The summed E-state index contributed by atoms with van der Waals surface area (Å²) >= 11 is 0. The maximum Gasteiger partial charge on any atom is 0.239 e. The topological polar surface area (TPSA) is 75.0 Å². The normalized spacial score (nSPS) is 11.5. The van der Waals surface area contributed by atoms with Gasteiger partial charge in [-0.15, -0.1) is 12.4 Å². The van der Waals surface area contributed by atoms with E-state index in [1.165, 1.54) is 12.1 Å². The number of nitrogens with two attached hydrogens (primary N) is 1. The third kappa shape index (κ3) is 5.15. The predicted octanol–water partition coefficient (Wildman–Crippen LogP) is 3.17. The SMILES string of the molecule is CN(Cc1cn[nH]c1-c1ccc(F)cc1)C(=O)[C@H](N)Cc1ccccc1.Cl. The summed E-state index contributed by atoms with van der Waals surface area (Å²) in [7, 11) is 1.72. The van der Waals surface area contributed by atoms with Crippen LogP contribution in [0.2, 0.25) is 0 Å². The number of aromatic nitrogens is 2. The highest BCUT2D eigenvalue weighted by Gasteiger charge is 2.20. The van der Waals surface area contributed by atoms with E-state index in [9.17, 15) is 9.18 Å². The number of carbonyl (C=O) groups is 1. The molecule has 0 saturated carbocycles. The molecular weight excluding hydrogens is 367 g/mol. The molecule has 0 aliphatic rings. The van der Waals surface area contributed by atoms with Gasteiger partial charge in [-0.3, -0.25) is 9.89 Å². The van der Waals surface area contributed by atoms with Crippen LogP contribution in [0.4, 0.5) is 4.39 Å². The van der Waals surface area contributed by atoms with Gasteiger partial charge in [0.2, 0.25) is 5.91 Å². The molecule has 3 N–H and O–H groups in total. The van der Waals surface area contributed by atoms with Crippen molar-refractivity contribution in [3.63, 3.8) is 0 Å². The molecule has 0 aliphatic heterocycles. The summed E-state index contributed by atoms with van der Waals surface area (Å²) in [4.78, 5) is 14.2. The van der Waals surface area contributed by atoms with Crippen molar-refractivity contribution in [3.05, 3.63) is 77.7 Å². The van der Waals surface area contributed by atoms with E-state index in [4.69, 9.17) is 5.73 Å². The molecule has 0 fully saturated rings. The largest absolute Gasteiger partial charge is 0.340 e. The number of benzene rings is 2. The minimum atomic E-state index is -0.608. The van der Waals surface area contributed by atoms with Gasteiger partial charge in [-0.05, 0) is 36.2 Å². The van der Waals surface area contributed by atoms with Crippen molar-refractivity contribution in [1.82, 2.24) is 15.1 Å². The molecule has 3 aromatic rings. The Kier molecular flexibility index (Phi) is 7.10. The standard InChI is InChI=1S/C20H21FN4O.ClH/c1-25(20(26)18(22)11-14-5-3-2-4-6-14)13-16-12-23-24-19(16)15-7-9-17(21)10-8-15;/h2-10,12,18H,11,13,22H2,1H3,(H,23,24);1H/t18-;/m1./s1. The number of nitrogens with one attached hydrogen (secondary N) is 1. The minimum Gasteiger partial charge on any atom is -0.340 e. The molecule has 1 aromatic heterocycles. The van der Waals surface area contributed by atoms with E-state index in [-0.39, 0.29) is 24.1 Å². The number of hydrogen-bond donors (Lipinski definition) is 2. The maximum atomic E-state index is 13.1. The summed E-state index contributed by atoms with van der Waals surface area (Å²) in [6.45, 7) is 0.366. The molecule has 0 bridgehead atoms. The molecule has 0 aliphatic carbocycles. The molecule has 27 heavy (non-hydrogen) atoms. The molecule has 5 nitrogen and oxygen atoms in total. The first-order valence-corrected chi connectivity index (χ1v) is 8.37. The summed E-state index contributed by atoms with van der Waals surface area (Å²) in [5, 5.41) is 6.97. The lowest BCUT2D eigenvalue weighted by Crippen LogP contribution is -2.42. The number of likely N-dealkylation sites (N-methyl/N-ethyl adjacent to an activating group) is 1. The first kappa shape index (κ1) is 20.6. The van der Waals surface area contributed by atoms with E-state index in [1.807, 2.05) is 30.3 Å². The molecule has 2 aromatic carbocycles. The van der Waals surface area contributed by atoms with Gasteiger partial charge in [0, 0.05) is 24.7 Å². The van der Waals surface area contributed by atoms with E-state index in [0.717, 1.165) is 22.4 Å². The van der Waals surface area contributed by atoms with Gasteiger partial charge in [-0.2, -0.15) is 5.10 Å². The summed E-state index contributed by atoms with van der Waals surface area (Å²) in [6, 6.07) is 15.2. The number of amides is 1. The Morgan fingerprint density at radius 1 is 1.19 bits per heavy atom. The van der Waals surface area contributed by atoms with Crippen LogP contribution in [0.5, 0.6) is 0 Å². The monoisotopic (exact) mass is 388 g/mol. The number of carbonyl (C=O) groups excluding carboxylic acids is 1. The van der Waals surface area contributed by atoms with Crippen molar-refractivity contribution >= 4 is 18.3 Å². The van der Waals surface area contributed by atoms with Crippen molar-refractivity contribution < 1.29 is 9.18 Å². The third-order valence-corrected chi connectivity index (χ3v) is 4.25. The molecule has 1 amide bonds. The molecule has 1 heterocycles. The zero-order valence-corrected chi connectivity index (χ0v) is 15.7. The number of hydrogen-bond acceptors (Lipinski definition) is 3. The van der Waals surface area contributed by atoms with Gasteiger partial charge in [-0.25, -0.2) is 4.39 Å². The zero-order valence-electron chi connectivity index (χ0n) is 14.9. The Morgan fingerprint density at radius 3 is 2.52 bits per heavy atom. The molecule has 142 valence electrons. The fourth-order valence-corrected chi connectivity index (χ4v) is 2.87. The fraction of sp³-hybridized carbons (Fsp3) is 0.200. The Morgan fingerprint density at radius 2 is 1.85 bits per heavy atom. The van der Waals surface area contributed by atoms with E-state index >= 15 is 0 Å². The highest BCUT2D eigenvalue weighted by Crippen LogP contribution is 2.22. The van der Waals surface area contributed by atoms with Crippen molar-refractivity contribution in [2.45, 2.75) is 19.0 Å². The average Bonchev–Trinajstić information content (AvgIpc) is 3.10. The van der Waals surface area contributed by atoms with E-state index in [0.29, 0.717) is 13.0 Å². The molecule has 0 spiro atoms. The smallest absolute Gasteiger partial charge is 0.239 e. The maximum absolute atomic E-state index is 13.1. The van der Waals surface area contributed by atoms with Crippen LogP contribution in [0, 0.1) is 5.82 Å². The molecule has 3 rings (SSSR count). The quantitative estimate of drug-likeness (QED) is 0.681.